The number of nitrogens with zero attached hydrogens (tertiary/aromatic N) is 2. The van der Waals surface area contributed by atoms with Gasteiger partial charge in [0.25, 0.3) is 0 Å². The zero-order valence-corrected chi connectivity index (χ0v) is 12.8. The maximum Gasteiger partial charge on any atom is 0.185 e. The van der Waals surface area contributed by atoms with Crippen molar-refractivity contribution in [3.63, 3.8) is 0 Å². The van der Waals surface area contributed by atoms with Gasteiger partial charge in [-0.3, -0.25) is 0 Å². The van der Waals surface area contributed by atoms with Crippen LogP contribution in [0.3, 0.4) is 0 Å². The van der Waals surface area contributed by atoms with E-state index in [1.807, 2.05) is 30.5 Å². The highest BCUT2D eigenvalue weighted by Gasteiger charge is 2.07. The molecule has 20 heavy (non-hydrogen) atoms. The maximum atomic E-state index is 9.12. The van der Waals surface area contributed by atoms with E-state index >= 15 is 0 Å². The van der Waals surface area contributed by atoms with Crippen molar-refractivity contribution >= 4 is 22.2 Å². The number of thiazole rings is 1. The highest BCUT2D eigenvalue weighted by molar-refractivity contribution is 7.15. The van der Waals surface area contributed by atoms with Crippen molar-refractivity contribution in [3.8, 4) is 0 Å². The molecule has 1 heterocycles. The molecule has 0 saturated carbocycles. The van der Waals surface area contributed by atoms with Crippen molar-refractivity contribution in [3.05, 3.63) is 40.9 Å². The Kier molecular flexibility index (Phi) is 5.38. The number of nitrogens with one attached hydrogen (secondary N) is 1. The number of benzene rings is 1. The second-order valence-corrected chi connectivity index (χ2v) is 5.59. The average Bonchev–Trinajstić information content (AvgIpc) is 2.95. The Morgan fingerprint density at radius 2 is 2.10 bits per heavy atom. The summed E-state index contributed by atoms with van der Waals surface area (Å²) >= 11 is 1.72. The van der Waals surface area contributed by atoms with Gasteiger partial charge >= 0.3 is 0 Å². The Labute approximate surface area is 124 Å². The first-order chi connectivity index (χ1) is 9.76. The molecule has 0 unspecified atom stereocenters. The van der Waals surface area contributed by atoms with Gasteiger partial charge in [0.05, 0.1) is 13.2 Å². The van der Waals surface area contributed by atoms with Crippen molar-refractivity contribution < 1.29 is 5.11 Å². The first kappa shape index (κ1) is 14.8. The molecule has 0 radical (unpaired) electrons. The van der Waals surface area contributed by atoms with E-state index in [9.17, 15) is 0 Å². The van der Waals surface area contributed by atoms with E-state index in [1.165, 1.54) is 4.88 Å². The van der Waals surface area contributed by atoms with Gasteiger partial charge in [0.2, 0.25) is 0 Å². The molecule has 4 nitrogen and oxygen atoms in total. The Hall–Kier alpha value is -1.59. The minimum Gasteiger partial charge on any atom is -0.392 e. The Balaban J connectivity index is 1.97. The third kappa shape index (κ3) is 3.71. The smallest absolute Gasteiger partial charge is 0.185 e. The monoisotopic (exact) mass is 291 g/mol. The summed E-state index contributed by atoms with van der Waals surface area (Å²) in [5, 5.41) is 13.6. The van der Waals surface area contributed by atoms with Gasteiger partial charge < -0.3 is 15.3 Å². The zero-order valence-electron chi connectivity index (χ0n) is 12.0. The lowest BCUT2D eigenvalue weighted by atomic mass is 10.2. The van der Waals surface area contributed by atoms with Crippen LogP contribution >= 0.6 is 11.3 Å². The fourth-order valence-electron chi connectivity index (χ4n) is 1.99. The predicted molar refractivity (Wildman–Crippen MR) is 85.4 cm³/mol. The molecule has 0 atom stereocenters. The molecule has 0 aliphatic rings. The summed E-state index contributed by atoms with van der Waals surface area (Å²) < 4.78 is 0. The van der Waals surface area contributed by atoms with E-state index in [1.54, 1.807) is 11.3 Å². The van der Waals surface area contributed by atoms with Gasteiger partial charge in [0.15, 0.2) is 5.13 Å². The zero-order chi connectivity index (χ0) is 14.4. The van der Waals surface area contributed by atoms with Crippen molar-refractivity contribution in [1.29, 1.82) is 0 Å². The Morgan fingerprint density at radius 1 is 1.30 bits per heavy atom. The number of anilines is 2. The minimum atomic E-state index is 0.0716. The van der Waals surface area contributed by atoms with Gasteiger partial charge in [0, 0.05) is 29.9 Å². The Bertz CT molecular complexity index is 537. The summed E-state index contributed by atoms with van der Waals surface area (Å²) in [6.07, 6.45) is 1.93. The molecular weight excluding hydrogens is 270 g/mol. The van der Waals surface area contributed by atoms with Crippen LogP contribution in [0.25, 0.3) is 0 Å². The fourth-order valence-corrected chi connectivity index (χ4v) is 2.97. The maximum absolute atomic E-state index is 9.12. The first-order valence-electron chi connectivity index (χ1n) is 6.90. The largest absolute Gasteiger partial charge is 0.392 e. The van der Waals surface area contributed by atoms with Crippen LogP contribution < -0.4 is 10.2 Å². The van der Waals surface area contributed by atoms with E-state index < -0.39 is 0 Å². The topological polar surface area (TPSA) is 48.4 Å². The number of rotatable bonds is 7. The van der Waals surface area contributed by atoms with Crippen molar-refractivity contribution in [2.45, 2.75) is 27.0 Å². The molecule has 0 aliphatic heterocycles. The van der Waals surface area contributed by atoms with Crippen LogP contribution in [-0.4, -0.2) is 23.2 Å². The van der Waals surface area contributed by atoms with Crippen LogP contribution in [0.2, 0.25) is 0 Å². The number of aliphatic hydroxyl groups excluding tert-OH is 1. The van der Waals surface area contributed by atoms with E-state index in [-0.39, 0.29) is 6.61 Å². The first-order valence-corrected chi connectivity index (χ1v) is 7.71. The number of hydrogen-bond acceptors (Lipinski definition) is 5. The van der Waals surface area contributed by atoms with Gasteiger partial charge in [-0.2, -0.15) is 0 Å². The van der Waals surface area contributed by atoms with Crippen LogP contribution in [-0.2, 0) is 13.2 Å². The van der Waals surface area contributed by atoms with Crippen molar-refractivity contribution in [2.24, 2.45) is 0 Å². The highest BCUT2D eigenvalue weighted by atomic mass is 32.1. The van der Waals surface area contributed by atoms with Crippen LogP contribution in [0.4, 0.5) is 10.8 Å². The molecule has 2 rings (SSSR count). The fraction of sp³-hybridized carbons (Fsp3) is 0.400. The lowest BCUT2D eigenvalue weighted by Gasteiger charge is -2.16. The number of aliphatic hydroxyl groups is 1. The molecular formula is C15H21N3OS. The lowest BCUT2D eigenvalue weighted by Crippen LogP contribution is -2.21. The minimum absolute atomic E-state index is 0.0716. The molecule has 0 amide bonds. The second-order valence-electron chi connectivity index (χ2n) is 4.49. The summed E-state index contributed by atoms with van der Waals surface area (Å²) in [5.74, 6) is 0. The molecule has 108 valence electrons. The standard InChI is InChI=1S/C15H21N3OS/c1-3-18(4-2)15-17-10-14(20-15)9-16-13-7-5-6-12(8-13)11-19/h5-8,10,16,19H,3-4,9,11H2,1-2H3. The summed E-state index contributed by atoms with van der Waals surface area (Å²) in [5.41, 5.74) is 1.94. The van der Waals surface area contributed by atoms with Crippen LogP contribution in [0.15, 0.2) is 30.5 Å². The normalized spacial score (nSPS) is 10.6. The summed E-state index contributed by atoms with van der Waals surface area (Å²) in [6.45, 7) is 7.08. The predicted octanol–water partition coefficient (Wildman–Crippen LogP) is 3.09. The van der Waals surface area contributed by atoms with Crippen molar-refractivity contribution in [1.82, 2.24) is 4.98 Å². The third-order valence-corrected chi connectivity index (χ3v) is 4.21. The molecule has 0 saturated heterocycles. The molecule has 1 aromatic carbocycles. The van der Waals surface area contributed by atoms with Gasteiger partial charge in [-0.15, -0.1) is 11.3 Å². The summed E-state index contributed by atoms with van der Waals surface area (Å²) in [7, 11) is 0. The molecule has 1 aromatic heterocycles. The molecule has 0 bridgehead atoms. The summed E-state index contributed by atoms with van der Waals surface area (Å²) in [6, 6.07) is 7.83. The lowest BCUT2D eigenvalue weighted by molar-refractivity contribution is 0.282. The Morgan fingerprint density at radius 3 is 2.80 bits per heavy atom. The quantitative estimate of drug-likeness (QED) is 0.823. The van der Waals surface area contributed by atoms with Crippen LogP contribution in [0, 0.1) is 0 Å². The highest BCUT2D eigenvalue weighted by Crippen LogP contribution is 2.23. The molecule has 0 spiro atoms. The molecule has 5 heteroatoms. The molecule has 0 fully saturated rings. The van der Waals surface area contributed by atoms with Gasteiger partial charge in [-0.05, 0) is 31.5 Å². The molecule has 0 aliphatic carbocycles. The van der Waals surface area contributed by atoms with Crippen LogP contribution in [0.1, 0.15) is 24.3 Å². The molecule has 2 aromatic rings. The number of aromatic nitrogens is 1. The number of hydrogen-bond donors (Lipinski definition) is 2. The van der Waals surface area contributed by atoms with E-state index in [2.05, 4.69) is 29.0 Å². The summed E-state index contributed by atoms with van der Waals surface area (Å²) in [4.78, 5) is 7.93. The van der Waals surface area contributed by atoms with Gasteiger partial charge in [-0.1, -0.05) is 12.1 Å². The SMILES string of the molecule is CCN(CC)c1ncc(CNc2cccc(CO)c2)s1. The van der Waals surface area contributed by atoms with E-state index in [4.69, 9.17) is 5.11 Å². The van der Waals surface area contributed by atoms with Crippen molar-refractivity contribution in [2.75, 3.05) is 23.3 Å². The van der Waals surface area contributed by atoms with Gasteiger partial charge in [0.1, 0.15) is 0 Å². The average molecular weight is 291 g/mol. The molecule has 2 N–H and O–H groups in total. The van der Waals surface area contributed by atoms with E-state index in [0.717, 1.165) is 36.0 Å². The van der Waals surface area contributed by atoms with Crippen LogP contribution in [0.5, 0.6) is 0 Å². The van der Waals surface area contributed by atoms with Gasteiger partial charge in [-0.25, -0.2) is 4.98 Å². The van der Waals surface area contributed by atoms with E-state index in [0.29, 0.717) is 0 Å². The second kappa shape index (κ2) is 7.26. The third-order valence-electron chi connectivity index (χ3n) is 3.15.